The van der Waals surface area contributed by atoms with Crippen LogP contribution in [0.15, 0.2) is 54.6 Å². The largest absolute Gasteiger partial charge is 0.491 e. The Morgan fingerprint density at radius 1 is 1.07 bits per heavy atom. The maximum Gasteiger partial charge on any atom is 0.255 e. The van der Waals surface area contributed by atoms with E-state index in [0.29, 0.717) is 12.1 Å². The molecule has 2 aromatic carbocycles. The molecule has 0 aliphatic carbocycles. The predicted octanol–water partition coefficient (Wildman–Crippen LogP) is 4.21. The number of benzene rings is 2. The summed E-state index contributed by atoms with van der Waals surface area (Å²) >= 11 is 0. The summed E-state index contributed by atoms with van der Waals surface area (Å²) in [4.78, 5) is 12.7. The average Bonchev–Trinajstić information content (AvgIpc) is 2.95. The summed E-state index contributed by atoms with van der Waals surface area (Å²) in [5, 5.41) is 7.52. The fraction of sp³-hybridized carbons (Fsp3) is 0.273. The average molecular weight is 363 g/mol. The molecule has 0 unspecified atom stereocenters. The quantitative estimate of drug-likeness (QED) is 0.714. The second kappa shape index (κ2) is 8.08. The second-order valence-electron chi connectivity index (χ2n) is 6.79. The van der Waals surface area contributed by atoms with Gasteiger partial charge in [0, 0.05) is 6.54 Å². The smallest absolute Gasteiger partial charge is 0.255 e. The summed E-state index contributed by atoms with van der Waals surface area (Å²) in [6.45, 7) is 8.22. The lowest BCUT2D eigenvalue weighted by Gasteiger charge is -2.10. The molecule has 0 saturated heterocycles. The highest BCUT2D eigenvalue weighted by Gasteiger charge is 2.19. The van der Waals surface area contributed by atoms with E-state index in [-0.39, 0.29) is 12.0 Å². The zero-order chi connectivity index (χ0) is 19.4. The van der Waals surface area contributed by atoms with Crippen molar-refractivity contribution < 1.29 is 9.53 Å². The molecule has 3 rings (SSSR count). The van der Waals surface area contributed by atoms with E-state index in [1.807, 2.05) is 87.0 Å². The van der Waals surface area contributed by atoms with Crippen LogP contribution in [0.2, 0.25) is 0 Å². The van der Waals surface area contributed by atoms with E-state index in [0.717, 1.165) is 28.4 Å². The lowest BCUT2D eigenvalue weighted by Crippen LogP contribution is -2.24. The number of carbonyl (C=O) groups is 1. The molecular formula is C22H25N3O2. The van der Waals surface area contributed by atoms with E-state index in [9.17, 15) is 4.79 Å². The van der Waals surface area contributed by atoms with Crippen LogP contribution in [-0.2, 0) is 6.54 Å². The van der Waals surface area contributed by atoms with Crippen LogP contribution in [0.5, 0.6) is 5.75 Å². The first-order chi connectivity index (χ1) is 13.0. The topological polar surface area (TPSA) is 56.2 Å². The molecule has 0 saturated carbocycles. The molecule has 5 nitrogen and oxygen atoms in total. The minimum absolute atomic E-state index is 0.116. The third-order valence-electron chi connectivity index (χ3n) is 4.27. The van der Waals surface area contributed by atoms with E-state index >= 15 is 0 Å². The third kappa shape index (κ3) is 4.37. The van der Waals surface area contributed by atoms with Crippen LogP contribution in [0.25, 0.3) is 5.69 Å². The van der Waals surface area contributed by atoms with Gasteiger partial charge in [-0.25, -0.2) is 4.68 Å². The molecule has 0 atom stereocenters. The second-order valence-corrected chi connectivity index (χ2v) is 6.79. The molecule has 0 fully saturated rings. The van der Waals surface area contributed by atoms with Crippen LogP contribution < -0.4 is 10.1 Å². The first-order valence-corrected chi connectivity index (χ1v) is 9.11. The first-order valence-electron chi connectivity index (χ1n) is 9.11. The SMILES string of the molecule is Cc1nn(-c2ccccc2)c(C)c1C(=O)NCc1ccc(OC(C)C)cc1. The molecule has 0 spiro atoms. The van der Waals surface area contributed by atoms with Gasteiger partial charge in [-0.15, -0.1) is 0 Å². The van der Waals surface area contributed by atoms with Gasteiger partial charge in [0.05, 0.1) is 28.7 Å². The Labute approximate surface area is 160 Å². The Morgan fingerprint density at radius 3 is 2.37 bits per heavy atom. The summed E-state index contributed by atoms with van der Waals surface area (Å²) in [6, 6.07) is 17.6. The standard InChI is InChI=1S/C22H25N3O2/c1-15(2)27-20-12-10-18(11-13-20)14-23-22(26)21-16(3)24-25(17(21)4)19-8-6-5-7-9-19/h5-13,15H,14H2,1-4H3,(H,23,26). The molecule has 0 bridgehead atoms. The summed E-state index contributed by atoms with van der Waals surface area (Å²) < 4.78 is 7.45. The number of nitrogens with one attached hydrogen (secondary N) is 1. The van der Waals surface area contributed by atoms with Gasteiger partial charge in [0.1, 0.15) is 5.75 Å². The van der Waals surface area contributed by atoms with Crippen LogP contribution in [0.1, 0.15) is 41.2 Å². The summed E-state index contributed by atoms with van der Waals surface area (Å²) in [6.07, 6.45) is 0.141. The molecule has 5 heteroatoms. The normalized spacial score (nSPS) is 10.9. The van der Waals surface area contributed by atoms with Crippen molar-refractivity contribution in [2.24, 2.45) is 0 Å². The lowest BCUT2D eigenvalue weighted by atomic mass is 10.1. The van der Waals surface area contributed by atoms with Gasteiger partial charge < -0.3 is 10.1 Å². The lowest BCUT2D eigenvalue weighted by molar-refractivity contribution is 0.0949. The number of hydrogen-bond acceptors (Lipinski definition) is 3. The van der Waals surface area contributed by atoms with Gasteiger partial charge in [-0.3, -0.25) is 4.79 Å². The van der Waals surface area contributed by atoms with E-state index in [1.54, 1.807) is 0 Å². The van der Waals surface area contributed by atoms with E-state index in [4.69, 9.17) is 4.74 Å². The number of nitrogens with zero attached hydrogens (tertiary/aromatic N) is 2. The van der Waals surface area contributed by atoms with Crippen molar-refractivity contribution in [1.82, 2.24) is 15.1 Å². The summed E-state index contributed by atoms with van der Waals surface area (Å²) in [5.74, 6) is 0.714. The molecule has 1 aromatic heterocycles. The van der Waals surface area contributed by atoms with Crippen LogP contribution in [-0.4, -0.2) is 21.8 Å². The van der Waals surface area contributed by atoms with Crippen molar-refractivity contribution in [2.75, 3.05) is 0 Å². The van der Waals surface area contributed by atoms with Crippen molar-refractivity contribution in [3.05, 3.63) is 77.1 Å². The number of rotatable bonds is 6. The molecule has 1 amide bonds. The van der Waals surface area contributed by atoms with E-state index in [2.05, 4.69) is 10.4 Å². The van der Waals surface area contributed by atoms with Crippen LogP contribution in [0, 0.1) is 13.8 Å². The van der Waals surface area contributed by atoms with Gasteiger partial charge in [-0.1, -0.05) is 30.3 Å². The van der Waals surface area contributed by atoms with E-state index in [1.165, 1.54) is 0 Å². The van der Waals surface area contributed by atoms with Crippen molar-refractivity contribution >= 4 is 5.91 Å². The molecule has 0 aliphatic rings. The minimum atomic E-state index is -0.116. The zero-order valence-corrected chi connectivity index (χ0v) is 16.2. The maximum atomic E-state index is 12.7. The Kier molecular flexibility index (Phi) is 5.60. The molecule has 27 heavy (non-hydrogen) atoms. The number of aryl methyl sites for hydroxylation is 1. The van der Waals surface area contributed by atoms with Gasteiger partial charge in [-0.2, -0.15) is 5.10 Å². The highest BCUT2D eigenvalue weighted by molar-refractivity contribution is 5.96. The maximum absolute atomic E-state index is 12.7. The first kappa shape index (κ1) is 18.7. The van der Waals surface area contributed by atoms with Gasteiger partial charge in [0.25, 0.3) is 5.91 Å². The fourth-order valence-electron chi connectivity index (χ4n) is 3.02. The Balaban J connectivity index is 1.71. The number of amides is 1. The molecule has 3 aromatic rings. The highest BCUT2D eigenvalue weighted by Crippen LogP contribution is 2.18. The third-order valence-corrected chi connectivity index (χ3v) is 4.27. The number of ether oxygens (including phenoxy) is 1. The van der Waals surface area contributed by atoms with Crippen LogP contribution in [0.3, 0.4) is 0 Å². The van der Waals surface area contributed by atoms with Crippen molar-refractivity contribution in [3.63, 3.8) is 0 Å². The van der Waals surface area contributed by atoms with Gasteiger partial charge in [0.15, 0.2) is 0 Å². The summed E-state index contributed by atoms with van der Waals surface area (Å²) in [5.41, 5.74) is 4.13. The molecular weight excluding hydrogens is 338 g/mol. The van der Waals surface area contributed by atoms with Gasteiger partial charge in [-0.05, 0) is 57.5 Å². The molecule has 1 N–H and O–H groups in total. The zero-order valence-electron chi connectivity index (χ0n) is 16.2. The Morgan fingerprint density at radius 2 is 1.74 bits per heavy atom. The Hall–Kier alpha value is -3.08. The minimum Gasteiger partial charge on any atom is -0.491 e. The fourth-order valence-corrected chi connectivity index (χ4v) is 3.02. The summed E-state index contributed by atoms with van der Waals surface area (Å²) in [7, 11) is 0. The van der Waals surface area contributed by atoms with E-state index < -0.39 is 0 Å². The van der Waals surface area contributed by atoms with Crippen molar-refractivity contribution in [2.45, 2.75) is 40.3 Å². The number of aromatic nitrogens is 2. The molecule has 0 aliphatic heterocycles. The van der Waals surface area contributed by atoms with Crippen molar-refractivity contribution in [3.8, 4) is 11.4 Å². The molecule has 140 valence electrons. The van der Waals surface area contributed by atoms with Crippen molar-refractivity contribution in [1.29, 1.82) is 0 Å². The monoisotopic (exact) mass is 363 g/mol. The Bertz CT molecular complexity index is 913. The van der Waals surface area contributed by atoms with Gasteiger partial charge in [0.2, 0.25) is 0 Å². The van der Waals surface area contributed by atoms with Crippen LogP contribution >= 0.6 is 0 Å². The predicted molar refractivity (Wildman–Crippen MR) is 106 cm³/mol. The molecule has 0 radical (unpaired) electrons. The van der Waals surface area contributed by atoms with Crippen LogP contribution in [0.4, 0.5) is 0 Å². The highest BCUT2D eigenvalue weighted by atomic mass is 16.5. The number of carbonyl (C=O) groups excluding carboxylic acids is 1. The number of hydrogen-bond donors (Lipinski definition) is 1. The number of para-hydroxylation sites is 1. The molecule has 1 heterocycles. The van der Waals surface area contributed by atoms with Gasteiger partial charge >= 0.3 is 0 Å².